The predicted octanol–water partition coefficient (Wildman–Crippen LogP) is 3.11. The fraction of sp³-hybridized carbons (Fsp3) is 0.167. The Bertz CT molecular complexity index is 521. The van der Waals surface area contributed by atoms with Gasteiger partial charge in [0.2, 0.25) is 0 Å². The van der Waals surface area contributed by atoms with Crippen LogP contribution >= 0.6 is 0 Å². The van der Waals surface area contributed by atoms with Crippen molar-refractivity contribution in [3.63, 3.8) is 0 Å². The zero-order valence-corrected chi connectivity index (χ0v) is 9.34. The van der Waals surface area contributed by atoms with E-state index in [2.05, 4.69) is 5.32 Å². The Morgan fingerprint density at radius 1 is 1.35 bits per heavy atom. The van der Waals surface area contributed by atoms with Crippen molar-refractivity contribution in [2.24, 2.45) is 0 Å². The van der Waals surface area contributed by atoms with Crippen LogP contribution in [0.25, 0.3) is 0 Å². The normalized spacial score (nSPS) is 10.2. The third-order valence-corrected chi connectivity index (χ3v) is 2.47. The molecule has 2 rings (SSSR count). The number of nitrogens with one attached hydrogen (secondary N) is 1. The number of para-hydroxylation sites is 1. The summed E-state index contributed by atoms with van der Waals surface area (Å²) in [5.74, 6) is 0.738. The van der Waals surface area contributed by atoms with Crippen LogP contribution in [0.4, 0.5) is 11.4 Å². The monoisotopic (exact) mass is 232 g/mol. The highest BCUT2D eigenvalue weighted by atomic mass is 16.6. The van der Waals surface area contributed by atoms with Crippen molar-refractivity contribution in [1.82, 2.24) is 0 Å². The van der Waals surface area contributed by atoms with Crippen LogP contribution in [0.3, 0.4) is 0 Å². The first-order valence-corrected chi connectivity index (χ1v) is 5.19. The number of aryl methyl sites for hydroxylation is 1. The third kappa shape index (κ3) is 2.44. The number of benzene rings is 1. The van der Waals surface area contributed by atoms with Crippen molar-refractivity contribution in [3.8, 4) is 0 Å². The first kappa shape index (κ1) is 11.2. The fourth-order valence-electron chi connectivity index (χ4n) is 1.62. The molecule has 5 nitrogen and oxygen atoms in total. The molecule has 1 heterocycles. The molecule has 17 heavy (non-hydrogen) atoms. The summed E-state index contributed by atoms with van der Waals surface area (Å²) < 4.78 is 5.16. The zero-order valence-electron chi connectivity index (χ0n) is 9.34. The molecule has 0 radical (unpaired) electrons. The Balaban J connectivity index is 2.22. The van der Waals surface area contributed by atoms with E-state index in [9.17, 15) is 10.1 Å². The summed E-state index contributed by atoms with van der Waals surface area (Å²) >= 11 is 0. The Morgan fingerprint density at radius 2 is 2.18 bits per heavy atom. The summed E-state index contributed by atoms with van der Waals surface area (Å²) in [6, 6.07) is 8.58. The SMILES string of the molecule is Cc1cccc([N+](=O)[O-])c1NCc1ccco1. The molecule has 0 saturated heterocycles. The van der Waals surface area contributed by atoms with Gasteiger partial charge in [-0.05, 0) is 24.6 Å². The van der Waals surface area contributed by atoms with E-state index >= 15 is 0 Å². The molecule has 1 N–H and O–H groups in total. The van der Waals surface area contributed by atoms with Gasteiger partial charge >= 0.3 is 0 Å². The number of nitro groups is 1. The first-order valence-electron chi connectivity index (χ1n) is 5.19. The van der Waals surface area contributed by atoms with Crippen molar-refractivity contribution in [3.05, 3.63) is 58.0 Å². The molecule has 0 aliphatic rings. The van der Waals surface area contributed by atoms with Gasteiger partial charge in [0.15, 0.2) is 0 Å². The van der Waals surface area contributed by atoms with Gasteiger partial charge in [-0.1, -0.05) is 12.1 Å². The Hall–Kier alpha value is -2.30. The Labute approximate surface area is 98.2 Å². The van der Waals surface area contributed by atoms with Crippen LogP contribution in [0.1, 0.15) is 11.3 Å². The van der Waals surface area contributed by atoms with Crippen LogP contribution in [-0.4, -0.2) is 4.92 Å². The number of nitrogens with zero attached hydrogens (tertiary/aromatic N) is 1. The lowest BCUT2D eigenvalue weighted by atomic mass is 10.1. The maximum atomic E-state index is 10.9. The van der Waals surface area contributed by atoms with Gasteiger partial charge in [0.1, 0.15) is 11.4 Å². The highest BCUT2D eigenvalue weighted by Crippen LogP contribution is 2.27. The third-order valence-electron chi connectivity index (χ3n) is 2.47. The van der Waals surface area contributed by atoms with Gasteiger partial charge in [-0.15, -0.1) is 0 Å². The summed E-state index contributed by atoms with van der Waals surface area (Å²) in [5, 5.41) is 13.9. The van der Waals surface area contributed by atoms with Gasteiger partial charge in [-0.2, -0.15) is 0 Å². The van der Waals surface area contributed by atoms with Gasteiger partial charge in [0, 0.05) is 6.07 Å². The van der Waals surface area contributed by atoms with Crippen molar-refractivity contribution in [2.45, 2.75) is 13.5 Å². The molecule has 2 aromatic rings. The van der Waals surface area contributed by atoms with E-state index in [1.54, 1.807) is 18.4 Å². The van der Waals surface area contributed by atoms with Crippen LogP contribution in [0.5, 0.6) is 0 Å². The van der Waals surface area contributed by atoms with E-state index in [1.807, 2.05) is 19.1 Å². The van der Waals surface area contributed by atoms with Crippen LogP contribution in [0, 0.1) is 17.0 Å². The van der Waals surface area contributed by atoms with Crippen molar-refractivity contribution < 1.29 is 9.34 Å². The first-order chi connectivity index (χ1) is 8.18. The maximum Gasteiger partial charge on any atom is 0.292 e. The standard InChI is InChI=1S/C12H12N2O3/c1-9-4-2-6-11(14(15)16)12(9)13-8-10-5-3-7-17-10/h2-7,13H,8H2,1H3. The van der Waals surface area contributed by atoms with E-state index in [-0.39, 0.29) is 5.69 Å². The maximum absolute atomic E-state index is 10.9. The summed E-state index contributed by atoms with van der Waals surface area (Å²) in [6.45, 7) is 2.26. The molecule has 0 amide bonds. The van der Waals surface area contributed by atoms with Crippen LogP contribution in [0.2, 0.25) is 0 Å². The minimum Gasteiger partial charge on any atom is -0.467 e. The van der Waals surface area contributed by atoms with Gasteiger partial charge in [0.05, 0.1) is 17.7 Å². The molecule has 0 saturated carbocycles. The number of hydrogen-bond donors (Lipinski definition) is 1. The lowest BCUT2D eigenvalue weighted by Gasteiger charge is -2.08. The number of hydrogen-bond acceptors (Lipinski definition) is 4. The molecule has 5 heteroatoms. The largest absolute Gasteiger partial charge is 0.467 e. The number of nitro benzene ring substituents is 1. The Kier molecular flexibility index (Phi) is 3.09. The molecule has 0 spiro atoms. The van der Waals surface area contributed by atoms with Crippen molar-refractivity contribution in [1.29, 1.82) is 0 Å². The van der Waals surface area contributed by atoms with Gasteiger partial charge < -0.3 is 9.73 Å². The zero-order chi connectivity index (χ0) is 12.3. The second-order valence-electron chi connectivity index (χ2n) is 3.66. The molecule has 88 valence electrons. The molecule has 0 fully saturated rings. The van der Waals surface area contributed by atoms with Crippen LogP contribution < -0.4 is 5.32 Å². The smallest absolute Gasteiger partial charge is 0.292 e. The molecule has 1 aromatic carbocycles. The van der Waals surface area contributed by atoms with Gasteiger partial charge in [-0.3, -0.25) is 10.1 Å². The average Bonchev–Trinajstić information content (AvgIpc) is 2.80. The van der Waals surface area contributed by atoms with Gasteiger partial charge in [0.25, 0.3) is 5.69 Å². The second-order valence-corrected chi connectivity index (χ2v) is 3.66. The quantitative estimate of drug-likeness (QED) is 0.649. The molecular formula is C12H12N2O3. The number of furan rings is 1. The molecule has 1 aromatic heterocycles. The average molecular weight is 232 g/mol. The highest BCUT2D eigenvalue weighted by Gasteiger charge is 2.15. The van der Waals surface area contributed by atoms with E-state index in [0.29, 0.717) is 12.2 Å². The fourth-order valence-corrected chi connectivity index (χ4v) is 1.62. The summed E-state index contributed by atoms with van der Waals surface area (Å²) in [4.78, 5) is 10.5. The summed E-state index contributed by atoms with van der Waals surface area (Å²) in [7, 11) is 0. The molecule has 0 atom stereocenters. The van der Waals surface area contributed by atoms with E-state index < -0.39 is 4.92 Å². The lowest BCUT2D eigenvalue weighted by molar-refractivity contribution is -0.384. The molecule has 0 bridgehead atoms. The van der Waals surface area contributed by atoms with E-state index in [1.165, 1.54) is 6.07 Å². The van der Waals surface area contributed by atoms with E-state index in [4.69, 9.17) is 4.42 Å². The number of rotatable bonds is 4. The molecule has 0 aliphatic carbocycles. The lowest BCUT2D eigenvalue weighted by Crippen LogP contribution is -2.03. The molecular weight excluding hydrogens is 220 g/mol. The topological polar surface area (TPSA) is 68.3 Å². The van der Waals surface area contributed by atoms with Crippen molar-refractivity contribution >= 4 is 11.4 Å². The minimum atomic E-state index is -0.391. The van der Waals surface area contributed by atoms with Crippen LogP contribution in [-0.2, 0) is 6.54 Å². The summed E-state index contributed by atoms with van der Waals surface area (Å²) in [5.41, 5.74) is 1.45. The number of anilines is 1. The van der Waals surface area contributed by atoms with E-state index in [0.717, 1.165) is 11.3 Å². The van der Waals surface area contributed by atoms with Gasteiger partial charge in [-0.25, -0.2) is 0 Å². The van der Waals surface area contributed by atoms with Crippen molar-refractivity contribution in [2.75, 3.05) is 5.32 Å². The highest BCUT2D eigenvalue weighted by molar-refractivity contribution is 5.65. The minimum absolute atomic E-state index is 0.0801. The van der Waals surface area contributed by atoms with Crippen LogP contribution in [0.15, 0.2) is 41.0 Å². The Morgan fingerprint density at radius 3 is 2.82 bits per heavy atom. The second kappa shape index (κ2) is 4.69. The molecule has 0 aliphatic heterocycles. The molecule has 0 unspecified atom stereocenters. The predicted molar refractivity (Wildman–Crippen MR) is 63.9 cm³/mol. The summed E-state index contributed by atoms with van der Waals surface area (Å²) in [6.07, 6.45) is 1.57.